The first-order valence-electron chi connectivity index (χ1n) is 13.0. The van der Waals surface area contributed by atoms with Crippen LogP contribution in [0.4, 0.5) is 17.1 Å². The fraction of sp³-hybridized carbons (Fsp3) is 0.312. The smallest absolute Gasteiger partial charge is 0.119 e. The van der Waals surface area contributed by atoms with Crippen LogP contribution in [-0.4, -0.2) is 14.2 Å². The molecule has 3 nitrogen and oxygen atoms in total. The van der Waals surface area contributed by atoms with Gasteiger partial charge < -0.3 is 14.4 Å². The molecule has 1 aromatic heterocycles. The minimum absolute atomic E-state index is 0.846. The quantitative estimate of drug-likeness (QED) is 0.171. The van der Waals surface area contributed by atoms with E-state index >= 15 is 0 Å². The Kier molecular flexibility index (Phi) is 9.46. The summed E-state index contributed by atoms with van der Waals surface area (Å²) in [6, 6.07) is 27.6. The number of unbranched alkanes of at least 4 members (excludes halogenated alkanes) is 5. The second kappa shape index (κ2) is 13.2. The standard InChI is InChI=1S/C32H37NO2S/c1-4-5-6-7-8-9-10-25-23-32(36-24-25)26-11-13-27(14-12-26)33(28-15-19-30(34-2)20-16-28)29-17-21-31(35-3)22-18-29/h11-24H,4-10H2,1-3H3. The van der Waals surface area contributed by atoms with Gasteiger partial charge in [-0.15, -0.1) is 11.3 Å². The Morgan fingerprint density at radius 1 is 0.639 bits per heavy atom. The highest BCUT2D eigenvalue weighted by molar-refractivity contribution is 7.13. The average molecular weight is 500 g/mol. The highest BCUT2D eigenvalue weighted by atomic mass is 32.1. The zero-order valence-electron chi connectivity index (χ0n) is 21.7. The van der Waals surface area contributed by atoms with Crippen molar-refractivity contribution >= 4 is 28.4 Å². The predicted molar refractivity (Wildman–Crippen MR) is 155 cm³/mol. The van der Waals surface area contributed by atoms with Gasteiger partial charge in [0.15, 0.2) is 0 Å². The van der Waals surface area contributed by atoms with Crippen molar-refractivity contribution in [3.8, 4) is 21.9 Å². The van der Waals surface area contributed by atoms with E-state index in [1.165, 1.54) is 60.9 Å². The third-order valence-corrected chi connectivity index (χ3v) is 7.57. The van der Waals surface area contributed by atoms with E-state index in [-0.39, 0.29) is 0 Å². The lowest BCUT2D eigenvalue weighted by Crippen LogP contribution is -2.09. The molecule has 0 saturated carbocycles. The van der Waals surface area contributed by atoms with Crippen LogP contribution in [0.1, 0.15) is 51.0 Å². The number of methoxy groups -OCH3 is 2. The van der Waals surface area contributed by atoms with Gasteiger partial charge in [0.25, 0.3) is 0 Å². The summed E-state index contributed by atoms with van der Waals surface area (Å²) in [5, 5.41) is 2.33. The number of benzene rings is 3. The lowest BCUT2D eigenvalue weighted by atomic mass is 10.1. The molecule has 4 heteroatoms. The summed E-state index contributed by atoms with van der Waals surface area (Å²) >= 11 is 1.85. The van der Waals surface area contributed by atoms with Gasteiger partial charge in [-0.25, -0.2) is 0 Å². The zero-order chi connectivity index (χ0) is 25.2. The van der Waals surface area contributed by atoms with Gasteiger partial charge in [-0.1, -0.05) is 51.2 Å². The van der Waals surface area contributed by atoms with Crippen LogP contribution < -0.4 is 14.4 Å². The maximum Gasteiger partial charge on any atom is 0.119 e. The van der Waals surface area contributed by atoms with Crippen LogP contribution in [0.3, 0.4) is 0 Å². The number of thiophene rings is 1. The molecule has 0 spiro atoms. The lowest BCUT2D eigenvalue weighted by molar-refractivity contribution is 0.415. The van der Waals surface area contributed by atoms with Gasteiger partial charge in [0, 0.05) is 21.9 Å². The van der Waals surface area contributed by atoms with Crippen molar-refractivity contribution in [1.29, 1.82) is 0 Å². The highest BCUT2D eigenvalue weighted by Crippen LogP contribution is 2.37. The lowest BCUT2D eigenvalue weighted by Gasteiger charge is -2.26. The number of hydrogen-bond donors (Lipinski definition) is 0. The largest absolute Gasteiger partial charge is 0.497 e. The SMILES string of the molecule is CCCCCCCCc1csc(-c2ccc(N(c3ccc(OC)cc3)c3ccc(OC)cc3)cc2)c1. The predicted octanol–water partition coefficient (Wildman–Crippen LogP) is 9.81. The first kappa shape index (κ1) is 25.8. The number of hydrogen-bond acceptors (Lipinski definition) is 4. The number of aryl methyl sites for hydroxylation is 1. The monoisotopic (exact) mass is 499 g/mol. The third kappa shape index (κ3) is 6.70. The van der Waals surface area contributed by atoms with Gasteiger partial charge in [0.05, 0.1) is 14.2 Å². The molecule has 0 aliphatic heterocycles. The van der Waals surface area contributed by atoms with E-state index in [2.05, 4.69) is 71.8 Å². The third-order valence-electron chi connectivity index (χ3n) is 6.54. The van der Waals surface area contributed by atoms with E-state index in [9.17, 15) is 0 Å². The second-order valence-electron chi connectivity index (χ2n) is 9.12. The normalized spacial score (nSPS) is 10.9. The number of nitrogens with zero attached hydrogens (tertiary/aromatic N) is 1. The van der Waals surface area contributed by atoms with E-state index in [1.807, 2.05) is 35.6 Å². The summed E-state index contributed by atoms with van der Waals surface area (Å²) in [5.41, 5.74) is 5.99. The fourth-order valence-corrected chi connectivity index (χ4v) is 5.41. The molecule has 0 N–H and O–H groups in total. The Bertz CT molecular complexity index is 1130. The summed E-state index contributed by atoms with van der Waals surface area (Å²) in [6.45, 7) is 2.27. The van der Waals surface area contributed by atoms with Gasteiger partial charge in [-0.3, -0.25) is 0 Å². The van der Waals surface area contributed by atoms with Crippen LogP contribution in [0.2, 0.25) is 0 Å². The fourth-order valence-electron chi connectivity index (χ4n) is 4.45. The first-order valence-corrected chi connectivity index (χ1v) is 13.9. The van der Waals surface area contributed by atoms with Crippen LogP contribution in [0.15, 0.2) is 84.2 Å². The van der Waals surface area contributed by atoms with Crippen molar-refractivity contribution in [2.75, 3.05) is 19.1 Å². The molecular formula is C32H37NO2S. The number of anilines is 3. The maximum absolute atomic E-state index is 5.37. The minimum Gasteiger partial charge on any atom is -0.497 e. The molecule has 0 atom stereocenters. The summed E-state index contributed by atoms with van der Waals surface area (Å²) in [5.74, 6) is 1.69. The molecule has 4 rings (SSSR count). The molecule has 0 amide bonds. The second-order valence-corrected chi connectivity index (χ2v) is 10.0. The molecule has 0 aliphatic rings. The molecule has 36 heavy (non-hydrogen) atoms. The topological polar surface area (TPSA) is 21.7 Å². The van der Waals surface area contributed by atoms with Crippen LogP contribution in [0, 0.1) is 0 Å². The zero-order valence-corrected chi connectivity index (χ0v) is 22.5. The van der Waals surface area contributed by atoms with Gasteiger partial charge in [0.2, 0.25) is 0 Å². The molecule has 0 radical (unpaired) electrons. The average Bonchev–Trinajstić information content (AvgIpc) is 3.41. The van der Waals surface area contributed by atoms with Crippen molar-refractivity contribution in [3.05, 3.63) is 89.8 Å². The summed E-state index contributed by atoms with van der Waals surface area (Å²) in [7, 11) is 3.39. The van der Waals surface area contributed by atoms with Crippen molar-refractivity contribution < 1.29 is 9.47 Å². The van der Waals surface area contributed by atoms with Crippen LogP contribution >= 0.6 is 11.3 Å². The molecule has 0 fully saturated rings. The summed E-state index contributed by atoms with van der Waals surface area (Å²) < 4.78 is 10.7. The maximum atomic E-state index is 5.37. The van der Waals surface area contributed by atoms with Gasteiger partial charge in [0.1, 0.15) is 11.5 Å². The molecule has 0 unspecified atom stereocenters. The van der Waals surface area contributed by atoms with E-state index < -0.39 is 0 Å². The molecule has 3 aromatic carbocycles. The molecule has 1 heterocycles. The Hall–Kier alpha value is -3.24. The Balaban J connectivity index is 1.50. The Labute approximate surface area is 220 Å². The van der Waals surface area contributed by atoms with Crippen LogP contribution in [0.5, 0.6) is 11.5 Å². The van der Waals surface area contributed by atoms with E-state index in [0.29, 0.717) is 0 Å². The number of rotatable bonds is 13. The molecule has 0 saturated heterocycles. The summed E-state index contributed by atoms with van der Waals surface area (Å²) in [6.07, 6.45) is 9.23. The molecule has 0 bridgehead atoms. The van der Waals surface area contributed by atoms with E-state index in [4.69, 9.17) is 9.47 Å². The van der Waals surface area contributed by atoms with Crippen LogP contribution in [-0.2, 0) is 6.42 Å². The Morgan fingerprint density at radius 3 is 1.67 bits per heavy atom. The molecular weight excluding hydrogens is 462 g/mol. The Morgan fingerprint density at radius 2 is 1.14 bits per heavy atom. The minimum atomic E-state index is 0.846. The van der Waals surface area contributed by atoms with Gasteiger partial charge in [-0.05, 0) is 96.1 Å². The first-order chi connectivity index (χ1) is 17.7. The van der Waals surface area contributed by atoms with Gasteiger partial charge in [-0.2, -0.15) is 0 Å². The van der Waals surface area contributed by atoms with E-state index in [1.54, 1.807) is 14.2 Å². The summed E-state index contributed by atoms with van der Waals surface area (Å²) in [4.78, 5) is 3.59. The van der Waals surface area contributed by atoms with Gasteiger partial charge >= 0.3 is 0 Å². The number of ether oxygens (including phenoxy) is 2. The van der Waals surface area contributed by atoms with E-state index in [0.717, 1.165) is 28.6 Å². The van der Waals surface area contributed by atoms with Crippen molar-refractivity contribution in [2.24, 2.45) is 0 Å². The molecule has 4 aromatic rings. The van der Waals surface area contributed by atoms with Crippen molar-refractivity contribution in [3.63, 3.8) is 0 Å². The van der Waals surface area contributed by atoms with Crippen molar-refractivity contribution in [1.82, 2.24) is 0 Å². The molecule has 0 aliphatic carbocycles. The van der Waals surface area contributed by atoms with Crippen LogP contribution in [0.25, 0.3) is 10.4 Å². The molecule has 188 valence electrons. The van der Waals surface area contributed by atoms with Crippen molar-refractivity contribution in [2.45, 2.75) is 51.9 Å². The highest BCUT2D eigenvalue weighted by Gasteiger charge is 2.13.